The van der Waals surface area contributed by atoms with Crippen molar-refractivity contribution in [2.24, 2.45) is 0 Å². The van der Waals surface area contributed by atoms with Crippen LogP contribution >= 0.6 is 0 Å². The Bertz CT molecular complexity index is 831. The second kappa shape index (κ2) is 5.92. The molecule has 3 rings (SSSR count). The minimum atomic E-state index is -3.82. The molecule has 0 radical (unpaired) electrons. The van der Waals surface area contributed by atoms with Gasteiger partial charge >= 0.3 is 0 Å². The summed E-state index contributed by atoms with van der Waals surface area (Å²) in [6.45, 7) is 2.12. The van der Waals surface area contributed by atoms with Gasteiger partial charge in [-0.25, -0.2) is 8.42 Å². The molecule has 7 heteroatoms. The van der Waals surface area contributed by atoms with Gasteiger partial charge in [0.05, 0.1) is 18.0 Å². The summed E-state index contributed by atoms with van der Waals surface area (Å²) in [5, 5.41) is 2.62. The molecule has 0 saturated carbocycles. The van der Waals surface area contributed by atoms with Gasteiger partial charge in [0.2, 0.25) is 5.91 Å². The van der Waals surface area contributed by atoms with Crippen molar-refractivity contribution in [2.75, 3.05) is 22.8 Å². The van der Waals surface area contributed by atoms with E-state index < -0.39 is 10.0 Å². The van der Waals surface area contributed by atoms with Gasteiger partial charge in [-0.05, 0) is 43.3 Å². The molecule has 0 spiro atoms. The van der Waals surface area contributed by atoms with Crippen molar-refractivity contribution in [3.8, 4) is 5.75 Å². The van der Waals surface area contributed by atoms with Crippen molar-refractivity contribution in [3.63, 3.8) is 0 Å². The van der Waals surface area contributed by atoms with Crippen LogP contribution in [0, 0.1) is 0 Å². The molecule has 6 nitrogen and oxygen atoms in total. The van der Waals surface area contributed by atoms with Crippen LogP contribution in [0.5, 0.6) is 5.75 Å². The fourth-order valence-electron chi connectivity index (χ4n) is 2.42. The summed E-state index contributed by atoms with van der Waals surface area (Å²) in [6.07, 6.45) is 0. The van der Waals surface area contributed by atoms with Crippen molar-refractivity contribution in [3.05, 3.63) is 48.5 Å². The fraction of sp³-hybridized carbons (Fsp3) is 0.188. The topological polar surface area (TPSA) is 75.7 Å². The number of carbonyl (C=O) groups excluding carboxylic acids is 1. The minimum Gasteiger partial charge on any atom is -0.494 e. The van der Waals surface area contributed by atoms with Crippen molar-refractivity contribution in [1.82, 2.24) is 0 Å². The number of para-hydroxylation sites is 1. The van der Waals surface area contributed by atoms with Gasteiger partial charge in [-0.2, -0.15) is 0 Å². The van der Waals surface area contributed by atoms with Crippen LogP contribution in [0.2, 0.25) is 0 Å². The zero-order valence-corrected chi connectivity index (χ0v) is 13.3. The number of hydrogen-bond acceptors (Lipinski definition) is 4. The molecule has 0 fully saturated rings. The number of nitrogens with one attached hydrogen (secondary N) is 1. The summed E-state index contributed by atoms with van der Waals surface area (Å²) in [5.41, 5.74) is 0.714. The summed E-state index contributed by atoms with van der Waals surface area (Å²) in [7, 11) is -3.82. The Hall–Kier alpha value is -2.54. The standard InChI is InChI=1S/C16H16N2O4S/c1-2-22-13-9-7-12(8-10-13)18-11-16(19)17-14-5-3-4-6-15(14)23(18,20)21/h3-10H,2,11H2,1H3,(H,17,19). The zero-order valence-electron chi connectivity index (χ0n) is 12.5. The van der Waals surface area contributed by atoms with E-state index in [0.717, 1.165) is 4.31 Å². The van der Waals surface area contributed by atoms with E-state index in [0.29, 0.717) is 23.7 Å². The second-order valence-corrected chi connectivity index (χ2v) is 6.81. The lowest BCUT2D eigenvalue weighted by Crippen LogP contribution is -2.35. The molecular weight excluding hydrogens is 316 g/mol. The zero-order chi connectivity index (χ0) is 16.4. The molecule has 1 heterocycles. The number of amides is 1. The number of fused-ring (bicyclic) bond motifs is 1. The highest BCUT2D eigenvalue weighted by Crippen LogP contribution is 2.31. The predicted molar refractivity (Wildman–Crippen MR) is 87.2 cm³/mol. The Balaban J connectivity index is 2.06. The van der Waals surface area contributed by atoms with Crippen LogP contribution in [0.15, 0.2) is 53.4 Å². The first-order chi connectivity index (χ1) is 11.0. The highest BCUT2D eigenvalue weighted by molar-refractivity contribution is 7.93. The Labute approximate surface area is 134 Å². The molecule has 0 saturated heterocycles. The molecule has 120 valence electrons. The molecule has 0 aliphatic carbocycles. The molecule has 1 aliphatic heterocycles. The summed E-state index contributed by atoms with van der Waals surface area (Å²) in [4.78, 5) is 12.1. The van der Waals surface area contributed by atoms with Crippen molar-refractivity contribution < 1.29 is 17.9 Å². The van der Waals surface area contributed by atoms with E-state index in [-0.39, 0.29) is 17.3 Å². The molecule has 0 aromatic heterocycles. The average Bonchev–Trinajstić information content (AvgIpc) is 2.63. The van der Waals surface area contributed by atoms with Gasteiger partial charge in [-0.1, -0.05) is 12.1 Å². The van der Waals surface area contributed by atoms with E-state index in [1.807, 2.05) is 6.92 Å². The molecule has 23 heavy (non-hydrogen) atoms. The van der Waals surface area contributed by atoms with Gasteiger partial charge in [-0.15, -0.1) is 0 Å². The van der Waals surface area contributed by atoms with Crippen molar-refractivity contribution in [1.29, 1.82) is 0 Å². The molecule has 0 unspecified atom stereocenters. The lowest BCUT2D eigenvalue weighted by Gasteiger charge is -2.21. The quantitative estimate of drug-likeness (QED) is 0.935. The highest BCUT2D eigenvalue weighted by atomic mass is 32.2. The van der Waals surface area contributed by atoms with Crippen LogP contribution in [0.3, 0.4) is 0 Å². The van der Waals surface area contributed by atoms with Crippen LogP contribution in [-0.2, 0) is 14.8 Å². The number of rotatable bonds is 3. The van der Waals surface area contributed by atoms with Crippen LogP contribution in [0.4, 0.5) is 11.4 Å². The average molecular weight is 332 g/mol. The van der Waals surface area contributed by atoms with E-state index in [1.165, 1.54) is 6.07 Å². The van der Waals surface area contributed by atoms with Gasteiger partial charge < -0.3 is 10.1 Å². The molecule has 1 amide bonds. The maximum Gasteiger partial charge on any atom is 0.266 e. The van der Waals surface area contributed by atoms with Gasteiger partial charge in [-0.3, -0.25) is 9.10 Å². The summed E-state index contributed by atoms with van der Waals surface area (Å²) < 4.78 is 32.2. The first-order valence-electron chi connectivity index (χ1n) is 7.17. The normalized spacial score (nSPS) is 16.2. The number of nitrogens with zero attached hydrogens (tertiary/aromatic N) is 1. The number of hydrogen-bond donors (Lipinski definition) is 1. The number of ether oxygens (including phenoxy) is 1. The Morgan fingerprint density at radius 1 is 1.13 bits per heavy atom. The van der Waals surface area contributed by atoms with E-state index in [4.69, 9.17) is 4.74 Å². The van der Waals surface area contributed by atoms with Crippen LogP contribution in [-0.4, -0.2) is 27.5 Å². The smallest absolute Gasteiger partial charge is 0.266 e. The Morgan fingerprint density at radius 2 is 1.83 bits per heavy atom. The Kier molecular flexibility index (Phi) is 3.96. The summed E-state index contributed by atoms with van der Waals surface area (Å²) >= 11 is 0. The molecule has 1 aliphatic rings. The van der Waals surface area contributed by atoms with Crippen LogP contribution in [0.1, 0.15) is 6.92 Å². The van der Waals surface area contributed by atoms with Crippen LogP contribution in [0.25, 0.3) is 0 Å². The lowest BCUT2D eigenvalue weighted by molar-refractivity contribution is -0.114. The fourth-order valence-corrected chi connectivity index (χ4v) is 4.00. The molecule has 2 aromatic carbocycles. The third kappa shape index (κ3) is 2.87. The van der Waals surface area contributed by atoms with Gasteiger partial charge in [0.15, 0.2) is 0 Å². The molecule has 1 N–H and O–H groups in total. The molecule has 2 aromatic rings. The first kappa shape index (κ1) is 15.4. The van der Waals surface area contributed by atoms with E-state index >= 15 is 0 Å². The number of benzene rings is 2. The molecule has 0 bridgehead atoms. The Morgan fingerprint density at radius 3 is 2.52 bits per heavy atom. The summed E-state index contributed by atoms with van der Waals surface area (Å²) in [5.74, 6) is 0.265. The highest BCUT2D eigenvalue weighted by Gasteiger charge is 2.32. The van der Waals surface area contributed by atoms with Gasteiger partial charge in [0.1, 0.15) is 17.2 Å². The third-order valence-corrected chi connectivity index (χ3v) is 5.28. The first-order valence-corrected chi connectivity index (χ1v) is 8.61. The SMILES string of the molecule is CCOc1ccc(N2CC(=O)Nc3ccccc3S2(=O)=O)cc1. The van der Waals surface area contributed by atoms with Crippen molar-refractivity contribution in [2.45, 2.75) is 11.8 Å². The van der Waals surface area contributed by atoms with Crippen LogP contribution < -0.4 is 14.4 Å². The monoisotopic (exact) mass is 332 g/mol. The number of anilines is 2. The largest absolute Gasteiger partial charge is 0.494 e. The van der Waals surface area contributed by atoms with Gasteiger partial charge in [0.25, 0.3) is 10.0 Å². The maximum absolute atomic E-state index is 12.9. The number of carbonyl (C=O) groups is 1. The van der Waals surface area contributed by atoms with E-state index in [9.17, 15) is 13.2 Å². The number of sulfonamides is 1. The summed E-state index contributed by atoms with van der Waals surface area (Å²) in [6, 6.07) is 13.0. The maximum atomic E-state index is 12.9. The molecular formula is C16H16N2O4S. The molecule has 0 atom stereocenters. The van der Waals surface area contributed by atoms with E-state index in [2.05, 4.69) is 5.32 Å². The van der Waals surface area contributed by atoms with E-state index in [1.54, 1.807) is 42.5 Å². The lowest BCUT2D eigenvalue weighted by atomic mass is 10.3. The van der Waals surface area contributed by atoms with Crippen molar-refractivity contribution >= 4 is 27.3 Å². The minimum absolute atomic E-state index is 0.0831. The predicted octanol–water partition coefficient (Wildman–Crippen LogP) is 2.23. The second-order valence-electron chi connectivity index (χ2n) is 4.98. The van der Waals surface area contributed by atoms with Gasteiger partial charge in [0, 0.05) is 0 Å². The third-order valence-electron chi connectivity index (χ3n) is 3.45.